The molecule has 0 bridgehead atoms. The standard InChI is InChI=1S/C18H18N2O/c1-12-7-6-8-14(13(12)2)17(21)11-18-19-15-9-4-5-10-16(15)20(18)3/h4-10H,11H2,1-3H3. The Balaban J connectivity index is 1.97. The molecule has 21 heavy (non-hydrogen) atoms. The molecule has 0 saturated heterocycles. The zero-order valence-electron chi connectivity index (χ0n) is 12.6. The highest BCUT2D eigenvalue weighted by atomic mass is 16.1. The molecule has 106 valence electrons. The first-order valence-electron chi connectivity index (χ1n) is 7.07. The Hall–Kier alpha value is -2.42. The maximum Gasteiger partial charge on any atom is 0.170 e. The van der Waals surface area contributed by atoms with E-state index >= 15 is 0 Å². The van der Waals surface area contributed by atoms with Crippen molar-refractivity contribution < 1.29 is 4.79 Å². The number of benzene rings is 2. The Morgan fingerprint density at radius 2 is 1.86 bits per heavy atom. The predicted molar refractivity (Wildman–Crippen MR) is 84.7 cm³/mol. The molecule has 3 rings (SSSR count). The second-order valence-corrected chi connectivity index (χ2v) is 5.42. The van der Waals surface area contributed by atoms with Gasteiger partial charge in [-0.2, -0.15) is 0 Å². The Bertz CT molecular complexity index is 830. The summed E-state index contributed by atoms with van der Waals surface area (Å²) in [5, 5.41) is 0. The summed E-state index contributed by atoms with van der Waals surface area (Å²) in [4.78, 5) is 17.1. The van der Waals surface area contributed by atoms with Crippen LogP contribution >= 0.6 is 0 Å². The van der Waals surface area contributed by atoms with E-state index in [4.69, 9.17) is 0 Å². The third-order valence-electron chi connectivity index (χ3n) is 4.10. The molecule has 0 aliphatic carbocycles. The second-order valence-electron chi connectivity index (χ2n) is 5.42. The predicted octanol–water partition coefficient (Wildman–Crippen LogP) is 3.62. The van der Waals surface area contributed by atoms with Crippen LogP contribution in [-0.2, 0) is 13.5 Å². The fourth-order valence-corrected chi connectivity index (χ4v) is 2.65. The molecular weight excluding hydrogens is 260 g/mol. The van der Waals surface area contributed by atoms with Crippen LogP contribution in [0.15, 0.2) is 42.5 Å². The number of aromatic nitrogens is 2. The zero-order chi connectivity index (χ0) is 15.0. The van der Waals surface area contributed by atoms with Gasteiger partial charge in [-0.05, 0) is 37.1 Å². The highest BCUT2D eigenvalue weighted by Gasteiger charge is 2.15. The number of carbonyl (C=O) groups excluding carboxylic acids is 1. The van der Waals surface area contributed by atoms with E-state index in [0.29, 0.717) is 6.42 Å². The van der Waals surface area contributed by atoms with Crippen molar-refractivity contribution in [3.63, 3.8) is 0 Å². The van der Waals surface area contributed by atoms with Crippen molar-refractivity contribution in [1.82, 2.24) is 9.55 Å². The van der Waals surface area contributed by atoms with Gasteiger partial charge in [0.1, 0.15) is 5.82 Å². The van der Waals surface area contributed by atoms with E-state index in [0.717, 1.165) is 33.5 Å². The Morgan fingerprint density at radius 1 is 1.10 bits per heavy atom. The lowest BCUT2D eigenvalue weighted by molar-refractivity contribution is 0.0989. The number of nitrogens with zero attached hydrogens (tertiary/aromatic N) is 2. The van der Waals surface area contributed by atoms with E-state index in [2.05, 4.69) is 4.98 Å². The van der Waals surface area contributed by atoms with Crippen molar-refractivity contribution in [3.8, 4) is 0 Å². The number of fused-ring (bicyclic) bond motifs is 1. The lowest BCUT2D eigenvalue weighted by Crippen LogP contribution is -2.10. The van der Waals surface area contributed by atoms with E-state index in [1.54, 1.807) is 0 Å². The molecule has 0 radical (unpaired) electrons. The van der Waals surface area contributed by atoms with Crippen LogP contribution in [0.4, 0.5) is 0 Å². The summed E-state index contributed by atoms with van der Waals surface area (Å²) in [6, 6.07) is 13.8. The molecule has 0 N–H and O–H groups in total. The minimum atomic E-state index is 0.120. The summed E-state index contributed by atoms with van der Waals surface area (Å²) in [6.45, 7) is 4.03. The average molecular weight is 278 g/mol. The van der Waals surface area contributed by atoms with E-state index < -0.39 is 0 Å². The zero-order valence-corrected chi connectivity index (χ0v) is 12.6. The van der Waals surface area contributed by atoms with E-state index in [1.165, 1.54) is 0 Å². The fraction of sp³-hybridized carbons (Fsp3) is 0.222. The van der Waals surface area contributed by atoms with E-state index in [9.17, 15) is 4.79 Å². The first kappa shape index (κ1) is 13.6. The Kier molecular flexibility index (Phi) is 3.34. The minimum absolute atomic E-state index is 0.120. The van der Waals surface area contributed by atoms with Gasteiger partial charge in [-0.3, -0.25) is 4.79 Å². The molecular formula is C18H18N2O. The van der Waals surface area contributed by atoms with Gasteiger partial charge in [0, 0.05) is 12.6 Å². The molecule has 0 aliphatic rings. The Labute approximate surface area is 124 Å². The number of para-hydroxylation sites is 2. The number of ketones is 1. The van der Waals surface area contributed by atoms with Gasteiger partial charge in [0.2, 0.25) is 0 Å². The van der Waals surface area contributed by atoms with Crippen molar-refractivity contribution >= 4 is 16.8 Å². The molecule has 1 aromatic heterocycles. The molecule has 0 atom stereocenters. The van der Waals surface area contributed by atoms with Crippen molar-refractivity contribution in [2.45, 2.75) is 20.3 Å². The molecule has 0 unspecified atom stereocenters. The highest BCUT2D eigenvalue weighted by molar-refractivity contribution is 5.99. The molecule has 0 spiro atoms. The van der Waals surface area contributed by atoms with Crippen LogP contribution in [0.1, 0.15) is 27.3 Å². The van der Waals surface area contributed by atoms with Crippen LogP contribution in [0.25, 0.3) is 11.0 Å². The SMILES string of the molecule is Cc1cccc(C(=O)Cc2nc3ccccc3n2C)c1C. The monoisotopic (exact) mass is 278 g/mol. The van der Waals surface area contributed by atoms with Crippen LogP contribution in [0, 0.1) is 13.8 Å². The molecule has 0 amide bonds. The summed E-state index contributed by atoms with van der Waals surface area (Å²) in [5.41, 5.74) is 4.99. The van der Waals surface area contributed by atoms with E-state index in [-0.39, 0.29) is 5.78 Å². The molecule has 0 aliphatic heterocycles. The maximum absolute atomic E-state index is 12.6. The molecule has 3 heteroatoms. The summed E-state index contributed by atoms with van der Waals surface area (Å²) in [5.74, 6) is 0.928. The third-order valence-corrected chi connectivity index (χ3v) is 4.10. The van der Waals surface area contributed by atoms with Crippen LogP contribution < -0.4 is 0 Å². The smallest absolute Gasteiger partial charge is 0.170 e. The van der Waals surface area contributed by atoms with Gasteiger partial charge >= 0.3 is 0 Å². The summed E-state index contributed by atoms with van der Waals surface area (Å²) < 4.78 is 2.00. The van der Waals surface area contributed by atoms with Crippen molar-refractivity contribution in [2.75, 3.05) is 0 Å². The van der Waals surface area contributed by atoms with Crippen molar-refractivity contribution in [1.29, 1.82) is 0 Å². The second kappa shape index (κ2) is 5.17. The van der Waals surface area contributed by atoms with Crippen molar-refractivity contribution in [3.05, 3.63) is 65.0 Å². The molecule has 0 fully saturated rings. The molecule has 2 aromatic carbocycles. The number of Topliss-reactive ketones (excluding diaryl/α,β-unsaturated/α-hetero) is 1. The van der Waals surface area contributed by atoms with Gasteiger partial charge < -0.3 is 4.57 Å². The first-order valence-corrected chi connectivity index (χ1v) is 7.07. The van der Waals surface area contributed by atoms with E-state index in [1.807, 2.05) is 67.9 Å². The lowest BCUT2D eigenvalue weighted by Gasteiger charge is -2.07. The fourth-order valence-electron chi connectivity index (χ4n) is 2.65. The number of hydrogen-bond acceptors (Lipinski definition) is 2. The first-order chi connectivity index (χ1) is 10.1. The summed E-state index contributed by atoms with van der Waals surface area (Å²) >= 11 is 0. The molecule has 3 nitrogen and oxygen atoms in total. The quantitative estimate of drug-likeness (QED) is 0.686. The topological polar surface area (TPSA) is 34.9 Å². The summed E-state index contributed by atoms with van der Waals surface area (Å²) in [6.07, 6.45) is 0.329. The summed E-state index contributed by atoms with van der Waals surface area (Å²) in [7, 11) is 1.96. The molecule has 0 saturated carbocycles. The van der Waals surface area contributed by atoms with Crippen LogP contribution in [0.2, 0.25) is 0 Å². The number of carbonyl (C=O) groups is 1. The third kappa shape index (κ3) is 2.35. The normalized spacial score (nSPS) is 11.0. The minimum Gasteiger partial charge on any atom is -0.331 e. The molecule has 1 heterocycles. The Morgan fingerprint density at radius 3 is 2.62 bits per heavy atom. The van der Waals surface area contributed by atoms with Crippen LogP contribution in [0.3, 0.4) is 0 Å². The number of imidazole rings is 1. The van der Waals surface area contributed by atoms with Gasteiger partial charge in [-0.1, -0.05) is 30.3 Å². The van der Waals surface area contributed by atoms with Crippen LogP contribution in [0.5, 0.6) is 0 Å². The van der Waals surface area contributed by atoms with Gasteiger partial charge in [-0.15, -0.1) is 0 Å². The van der Waals surface area contributed by atoms with Gasteiger partial charge in [-0.25, -0.2) is 4.98 Å². The van der Waals surface area contributed by atoms with Gasteiger partial charge in [0.05, 0.1) is 17.5 Å². The number of aryl methyl sites for hydroxylation is 2. The van der Waals surface area contributed by atoms with Crippen molar-refractivity contribution in [2.24, 2.45) is 7.05 Å². The average Bonchev–Trinajstić information content (AvgIpc) is 2.79. The number of rotatable bonds is 3. The molecule has 3 aromatic rings. The lowest BCUT2D eigenvalue weighted by atomic mass is 9.98. The van der Waals surface area contributed by atoms with Gasteiger partial charge in [0.25, 0.3) is 0 Å². The van der Waals surface area contributed by atoms with Crippen LogP contribution in [-0.4, -0.2) is 15.3 Å². The maximum atomic E-state index is 12.6. The number of hydrogen-bond donors (Lipinski definition) is 0. The van der Waals surface area contributed by atoms with Gasteiger partial charge in [0.15, 0.2) is 5.78 Å². The largest absolute Gasteiger partial charge is 0.331 e. The highest BCUT2D eigenvalue weighted by Crippen LogP contribution is 2.18.